The summed E-state index contributed by atoms with van der Waals surface area (Å²) in [5.41, 5.74) is 4.69. The fourth-order valence-electron chi connectivity index (χ4n) is 3.65. The molecule has 3 aromatic heterocycles. The van der Waals surface area contributed by atoms with Crippen LogP contribution in [0, 0.1) is 19.7 Å². The van der Waals surface area contributed by atoms with Gasteiger partial charge in [-0.3, -0.25) is 4.68 Å². The molecule has 0 radical (unpaired) electrons. The van der Waals surface area contributed by atoms with Crippen molar-refractivity contribution in [2.75, 3.05) is 0 Å². The van der Waals surface area contributed by atoms with Gasteiger partial charge in [-0.25, -0.2) is 14.4 Å². The molecule has 0 spiro atoms. The third kappa shape index (κ3) is 4.03. The van der Waals surface area contributed by atoms with Gasteiger partial charge in [-0.2, -0.15) is 9.61 Å². The zero-order valence-corrected chi connectivity index (χ0v) is 18.1. The highest BCUT2D eigenvalue weighted by Crippen LogP contribution is 2.26. The number of aryl methyl sites for hydroxylation is 4. The zero-order valence-electron chi connectivity index (χ0n) is 17.3. The Morgan fingerprint density at radius 1 is 0.968 bits per heavy atom. The van der Waals surface area contributed by atoms with E-state index in [9.17, 15) is 4.39 Å². The van der Waals surface area contributed by atoms with Crippen molar-refractivity contribution in [3.05, 3.63) is 83.2 Å². The molecule has 0 bridgehead atoms. The molecule has 0 fully saturated rings. The highest BCUT2D eigenvalue weighted by molar-refractivity contribution is 7.98. The maximum absolute atomic E-state index is 13.6. The summed E-state index contributed by atoms with van der Waals surface area (Å²) in [5.74, 6) is 1.11. The lowest BCUT2D eigenvalue weighted by atomic mass is 10.2. The van der Waals surface area contributed by atoms with E-state index in [1.807, 2.05) is 46.5 Å². The molecule has 0 saturated heterocycles. The molecule has 3 heterocycles. The summed E-state index contributed by atoms with van der Waals surface area (Å²) in [4.78, 5) is 9.62. The summed E-state index contributed by atoms with van der Waals surface area (Å²) in [6, 6.07) is 16.6. The molecule has 0 atom stereocenters. The molecule has 2 aromatic carbocycles. The highest BCUT2D eigenvalue weighted by Gasteiger charge is 2.14. The molecule has 31 heavy (non-hydrogen) atoms. The first-order valence-corrected chi connectivity index (χ1v) is 11.1. The Morgan fingerprint density at radius 2 is 1.84 bits per heavy atom. The lowest BCUT2D eigenvalue weighted by molar-refractivity contribution is 0.580. The van der Waals surface area contributed by atoms with E-state index in [0.29, 0.717) is 18.7 Å². The van der Waals surface area contributed by atoms with Crippen LogP contribution in [0.4, 0.5) is 4.39 Å². The number of fused-ring (bicyclic) bond motifs is 3. The van der Waals surface area contributed by atoms with Gasteiger partial charge in [0.15, 0.2) is 16.6 Å². The van der Waals surface area contributed by atoms with Crippen LogP contribution in [-0.2, 0) is 18.7 Å². The van der Waals surface area contributed by atoms with Gasteiger partial charge < -0.3 is 0 Å². The van der Waals surface area contributed by atoms with Gasteiger partial charge in [0.05, 0.1) is 11.2 Å². The Morgan fingerprint density at radius 3 is 2.65 bits per heavy atom. The maximum Gasteiger partial charge on any atom is 0.191 e. The smallest absolute Gasteiger partial charge is 0.191 e. The van der Waals surface area contributed by atoms with Crippen molar-refractivity contribution in [3.8, 4) is 0 Å². The van der Waals surface area contributed by atoms with E-state index in [1.165, 1.54) is 17.8 Å². The van der Waals surface area contributed by atoms with Crippen LogP contribution in [0.5, 0.6) is 0 Å². The number of halogens is 1. The van der Waals surface area contributed by atoms with Crippen molar-refractivity contribution >= 4 is 28.3 Å². The summed E-state index contributed by atoms with van der Waals surface area (Å²) in [7, 11) is 0. The van der Waals surface area contributed by atoms with E-state index in [4.69, 9.17) is 15.1 Å². The van der Waals surface area contributed by atoms with Gasteiger partial charge in [-0.15, -0.1) is 5.10 Å². The summed E-state index contributed by atoms with van der Waals surface area (Å²) < 4.78 is 17.3. The van der Waals surface area contributed by atoms with Gasteiger partial charge >= 0.3 is 0 Å². The highest BCUT2D eigenvalue weighted by atomic mass is 32.2. The second-order valence-electron chi connectivity index (χ2n) is 7.49. The number of para-hydroxylation sites is 1. The number of rotatable bonds is 6. The van der Waals surface area contributed by atoms with Crippen LogP contribution in [0.25, 0.3) is 16.6 Å². The Bertz CT molecular complexity index is 1390. The molecule has 0 aliphatic heterocycles. The SMILES string of the molecule is Cc1cc(C)n(CCc2nc3c4ccccc4nc(SCc4cccc(F)c4)n3n2)n1. The minimum absolute atomic E-state index is 0.234. The first-order chi connectivity index (χ1) is 15.1. The predicted octanol–water partition coefficient (Wildman–Crippen LogP) is 4.76. The first kappa shape index (κ1) is 19.7. The zero-order chi connectivity index (χ0) is 21.4. The lowest BCUT2D eigenvalue weighted by Gasteiger charge is -2.06. The average Bonchev–Trinajstić information content (AvgIpc) is 3.33. The van der Waals surface area contributed by atoms with Crippen molar-refractivity contribution in [1.29, 1.82) is 0 Å². The molecule has 8 heteroatoms. The van der Waals surface area contributed by atoms with Crippen LogP contribution in [-0.4, -0.2) is 29.4 Å². The molecule has 0 aliphatic carbocycles. The third-order valence-corrected chi connectivity index (χ3v) is 6.10. The molecule has 0 saturated carbocycles. The number of aromatic nitrogens is 6. The van der Waals surface area contributed by atoms with E-state index in [0.717, 1.165) is 44.5 Å². The predicted molar refractivity (Wildman–Crippen MR) is 120 cm³/mol. The summed E-state index contributed by atoms with van der Waals surface area (Å²) in [6.07, 6.45) is 0.673. The Labute approximate surface area is 183 Å². The minimum atomic E-state index is -0.234. The number of hydrogen-bond donors (Lipinski definition) is 0. The maximum atomic E-state index is 13.6. The van der Waals surface area contributed by atoms with E-state index in [2.05, 4.69) is 18.1 Å². The molecular weight excluding hydrogens is 411 g/mol. The van der Waals surface area contributed by atoms with Crippen molar-refractivity contribution < 1.29 is 4.39 Å². The van der Waals surface area contributed by atoms with Crippen molar-refractivity contribution in [3.63, 3.8) is 0 Å². The van der Waals surface area contributed by atoms with Gasteiger partial charge in [-0.05, 0) is 49.7 Å². The second-order valence-corrected chi connectivity index (χ2v) is 8.44. The summed E-state index contributed by atoms with van der Waals surface area (Å²) in [5, 5.41) is 11.0. The molecule has 6 nitrogen and oxygen atoms in total. The lowest BCUT2D eigenvalue weighted by Crippen LogP contribution is -2.06. The van der Waals surface area contributed by atoms with Gasteiger partial charge in [0.1, 0.15) is 5.82 Å². The molecule has 156 valence electrons. The molecule has 5 rings (SSSR count). The molecule has 0 amide bonds. The van der Waals surface area contributed by atoms with Gasteiger partial charge in [-0.1, -0.05) is 36.0 Å². The van der Waals surface area contributed by atoms with Gasteiger partial charge in [0.2, 0.25) is 0 Å². The van der Waals surface area contributed by atoms with E-state index < -0.39 is 0 Å². The molecule has 5 aromatic rings. The van der Waals surface area contributed by atoms with Crippen LogP contribution >= 0.6 is 11.8 Å². The second kappa shape index (κ2) is 8.11. The Kier molecular flexibility index (Phi) is 5.15. The largest absolute Gasteiger partial charge is 0.269 e. The minimum Gasteiger partial charge on any atom is -0.269 e. The quantitative estimate of drug-likeness (QED) is 0.286. The topological polar surface area (TPSA) is 60.9 Å². The van der Waals surface area contributed by atoms with E-state index in [1.54, 1.807) is 12.1 Å². The Hall–Kier alpha value is -3.26. The van der Waals surface area contributed by atoms with Crippen LogP contribution in [0.15, 0.2) is 59.8 Å². The fraction of sp³-hybridized carbons (Fsp3) is 0.217. The van der Waals surface area contributed by atoms with Crippen LogP contribution in [0.3, 0.4) is 0 Å². The Balaban J connectivity index is 1.49. The molecule has 0 unspecified atom stereocenters. The van der Waals surface area contributed by atoms with Crippen LogP contribution < -0.4 is 0 Å². The number of hydrogen-bond acceptors (Lipinski definition) is 5. The summed E-state index contributed by atoms with van der Waals surface area (Å²) in [6.45, 7) is 4.76. The normalized spacial score (nSPS) is 11.6. The number of thioether (sulfide) groups is 1. The van der Waals surface area contributed by atoms with E-state index in [-0.39, 0.29) is 5.82 Å². The van der Waals surface area contributed by atoms with Gasteiger partial charge in [0.25, 0.3) is 0 Å². The van der Waals surface area contributed by atoms with Crippen molar-refractivity contribution in [1.82, 2.24) is 29.4 Å². The van der Waals surface area contributed by atoms with Crippen molar-refractivity contribution in [2.24, 2.45) is 0 Å². The van der Waals surface area contributed by atoms with Gasteiger partial charge in [0, 0.05) is 29.8 Å². The van der Waals surface area contributed by atoms with Crippen molar-refractivity contribution in [2.45, 2.75) is 37.7 Å². The molecule has 0 N–H and O–H groups in total. The number of nitrogens with zero attached hydrogens (tertiary/aromatic N) is 6. The monoisotopic (exact) mass is 432 g/mol. The molecule has 0 aliphatic rings. The average molecular weight is 433 g/mol. The number of benzene rings is 2. The third-order valence-electron chi connectivity index (χ3n) is 5.10. The van der Waals surface area contributed by atoms with E-state index >= 15 is 0 Å². The first-order valence-electron chi connectivity index (χ1n) is 10.1. The standard InChI is InChI=1S/C23H21FN6S/c1-15-12-16(2)29(27-15)11-10-21-26-22-19-8-3-4-9-20(19)25-23(30(22)28-21)31-14-17-6-5-7-18(24)13-17/h3-9,12-13H,10-11,14H2,1-2H3. The fourth-order valence-corrected chi connectivity index (χ4v) is 4.54. The van der Waals surface area contributed by atoms with Crippen LogP contribution in [0.2, 0.25) is 0 Å². The molecular formula is C23H21FN6S. The van der Waals surface area contributed by atoms with Crippen LogP contribution in [0.1, 0.15) is 22.8 Å². The summed E-state index contributed by atoms with van der Waals surface area (Å²) >= 11 is 1.53.